The number of carbonyl (C=O) groups excluding carboxylic acids is 2. The quantitative estimate of drug-likeness (QED) is 0.454. The fraction of sp³-hybridized carbons (Fsp3) is 0.200. The van der Waals surface area contributed by atoms with Gasteiger partial charge in [0.15, 0.2) is 5.75 Å². The molecule has 0 unspecified atom stereocenters. The van der Waals surface area contributed by atoms with E-state index in [0.29, 0.717) is 12.1 Å². The molecule has 9 heteroatoms. The maximum absolute atomic E-state index is 12.4. The molecule has 0 atom stereocenters. The molecule has 1 rings (SSSR count). The topological polar surface area (TPSA) is 52.6 Å². The van der Waals surface area contributed by atoms with Crippen molar-refractivity contribution in [1.29, 1.82) is 0 Å². The SMILES string of the molecule is COC(=O)C(=O)Oc1c(Cl)cc(C(F)(F)F)cc1Cl. The van der Waals surface area contributed by atoms with Crippen LogP contribution < -0.4 is 4.74 Å². The lowest BCUT2D eigenvalue weighted by Crippen LogP contribution is -2.22. The number of ether oxygens (including phenoxy) is 2. The van der Waals surface area contributed by atoms with Crippen molar-refractivity contribution in [1.82, 2.24) is 0 Å². The van der Waals surface area contributed by atoms with E-state index in [4.69, 9.17) is 23.2 Å². The molecule has 0 saturated carbocycles. The fourth-order valence-electron chi connectivity index (χ4n) is 1.04. The van der Waals surface area contributed by atoms with E-state index in [1.807, 2.05) is 0 Å². The number of hydrogen-bond acceptors (Lipinski definition) is 4. The van der Waals surface area contributed by atoms with Gasteiger partial charge in [0, 0.05) is 0 Å². The Morgan fingerprint density at radius 2 is 1.58 bits per heavy atom. The summed E-state index contributed by atoms with van der Waals surface area (Å²) in [5.74, 6) is -3.34. The number of carbonyl (C=O) groups is 2. The molecular weight excluding hydrogens is 312 g/mol. The van der Waals surface area contributed by atoms with Gasteiger partial charge in [0.05, 0.1) is 22.7 Å². The fourth-order valence-corrected chi connectivity index (χ4v) is 1.60. The highest BCUT2D eigenvalue weighted by Gasteiger charge is 2.33. The molecule has 0 fully saturated rings. The monoisotopic (exact) mass is 316 g/mol. The van der Waals surface area contributed by atoms with Crippen LogP contribution in [0.15, 0.2) is 12.1 Å². The van der Waals surface area contributed by atoms with Gasteiger partial charge in [-0.15, -0.1) is 0 Å². The second kappa shape index (κ2) is 5.66. The number of hydrogen-bond donors (Lipinski definition) is 0. The predicted molar refractivity (Wildman–Crippen MR) is 59.1 cm³/mol. The molecule has 0 aliphatic rings. The summed E-state index contributed by atoms with van der Waals surface area (Å²) in [5, 5.41) is -1.12. The average Bonchev–Trinajstić information content (AvgIpc) is 2.30. The van der Waals surface area contributed by atoms with Crippen molar-refractivity contribution in [2.45, 2.75) is 6.18 Å². The van der Waals surface area contributed by atoms with E-state index in [9.17, 15) is 22.8 Å². The van der Waals surface area contributed by atoms with Crippen molar-refractivity contribution in [2.24, 2.45) is 0 Å². The second-order valence-corrected chi connectivity index (χ2v) is 3.96. The maximum Gasteiger partial charge on any atom is 0.422 e. The van der Waals surface area contributed by atoms with Gasteiger partial charge >= 0.3 is 18.1 Å². The summed E-state index contributed by atoms with van der Waals surface area (Å²) < 4.78 is 45.8. The Balaban J connectivity index is 3.12. The molecule has 0 bridgehead atoms. The minimum atomic E-state index is -4.65. The Bertz CT molecular complexity index is 505. The molecule has 0 aromatic heterocycles. The van der Waals surface area contributed by atoms with Gasteiger partial charge < -0.3 is 9.47 Å². The van der Waals surface area contributed by atoms with Crippen LogP contribution >= 0.6 is 23.2 Å². The lowest BCUT2D eigenvalue weighted by Gasteiger charge is -2.11. The molecule has 0 amide bonds. The van der Waals surface area contributed by atoms with Gasteiger partial charge in [0.2, 0.25) is 0 Å². The number of benzene rings is 1. The van der Waals surface area contributed by atoms with Crippen LogP contribution in [-0.4, -0.2) is 19.0 Å². The smallest absolute Gasteiger partial charge is 0.422 e. The molecule has 104 valence electrons. The van der Waals surface area contributed by atoms with Gasteiger partial charge in [0.25, 0.3) is 0 Å². The number of esters is 2. The maximum atomic E-state index is 12.4. The van der Waals surface area contributed by atoms with E-state index in [1.165, 1.54) is 0 Å². The summed E-state index contributed by atoms with van der Waals surface area (Å²) in [5.41, 5.74) is -1.11. The van der Waals surface area contributed by atoms with Crippen molar-refractivity contribution in [3.8, 4) is 5.75 Å². The van der Waals surface area contributed by atoms with Gasteiger partial charge in [-0.05, 0) is 12.1 Å². The largest absolute Gasteiger partial charge is 0.461 e. The molecule has 0 N–H and O–H groups in total. The van der Waals surface area contributed by atoms with Gasteiger partial charge in [-0.2, -0.15) is 13.2 Å². The van der Waals surface area contributed by atoms with Crippen molar-refractivity contribution in [2.75, 3.05) is 7.11 Å². The number of methoxy groups -OCH3 is 1. The van der Waals surface area contributed by atoms with Crippen LogP contribution in [0.4, 0.5) is 13.2 Å². The zero-order valence-electron chi connectivity index (χ0n) is 9.18. The summed E-state index contributed by atoms with van der Waals surface area (Å²) in [7, 11) is 0.930. The standard InChI is InChI=1S/C10H5Cl2F3O4/c1-18-8(16)9(17)19-7-5(11)2-4(3-6(7)12)10(13,14)15/h2-3H,1H3. The average molecular weight is 317 g/mol. The third-order valence-electron chi connectivity index (χ3n) is 1.87. The Morgan fingerprint density at radius 3 is 1.95 bits per heavy atom. The van der Waals surface area contributed by atoms with Crippen LogP contribution in [0, 0.1) is 0 Å². The molecule has 0 radical (unpaired) electrons. The number of halogens is 5. The van der Waals surface area contributed by atoms with E-state index in [-0.39, 0.29) is 0 Å². The van der Waals surface area contributed by atoms with Crippen molar-refractivity contribution in [3.63, 3.8) is 0 Å². The second-order valence-electron chi connectivity index (χ2n) is 3.15. The van der Waals surface area contributed by atoms with Gasteiger partial charge in [-0.1, -0.05) is 23.2 Å². The third-order valence-corrected chi connectivity index (χ3v) is 2.43. The predicted octanol–water partition coefficient (Wildman–Crippen LogP) is 3.09. The Labute approximate surface area is 115 Å². The summed E-state index contributed by atoms with van der Waals surface area (Å²) in [6.45, 7) is 0. The molecule has 0 spiro atoms. The van der Waals surface area contributed by atoms with Crippen LogP contribution in [-0.2, 0) is 20.5 Å². The Morgan fingerprint density at radius 1 is 1.11 bits per heavy atom. The zero-order valence-corrected chi connectivity index (χ0v) is 10.7. The first-order valence-electron chi connectivity index (χ1n) is 4.53. The normalized spacial score (nSPS) is 11.1. The Kier molecular flexibility index (Phi) is 4.65. The summed E-state index contributed by atoms with van der Waals surface area (Å²) in [6, 6.07) is 1.04. The van der Waals surface area contributed by atoms with E-state index in [1.54, 1.807) is 0 Å². The number of alkyl halides is 3. The lowest BCUT2D eigenvalue weighted by atomic mass is 10.2. The molecule has 19 heavy (non-hydrogen) atoms. The zero-order chi connectivity index (χ0) is 14.8. The molecule has 0 saturated heterocycles. The van der Waals surface area contributed by atoms with Crippen LogP contribution in [0.1, 0.15) is 5.56 Å². The van der Waals surface area contributed by atoms with Crippen LogP contribution in [0.3, 0.4) is 0 Å². The molecule has 0 aliphatic heterocycles. The molecule has 4 nitrogen and oxygen atoms in total. The highest BCUT2D eigenvalue weighted by molar-refractivity contribution is 6.38. The van der Waals surface area contributed by atoms with E-state index in [0.717, 1.165) is 7.11 Å². The van der Waals surface area contributed by atoms with Crippen molar-refractivity contribution < 1.29 is 32.2 Å². The molecular formula is C10H5Cl2F3O4. The first-order valence-corrected chi connectivity index (χ1v) is 5.28. The molecule has 0 aliphatic carbocycles. The van der Waals surface area contributed by atoms with Crippen LogP contribution in [0.25, 0.3) is 0 Å². The first-order chi connectivity index (χ1) is 8.66. The Hall–Kier alpha value is -1.47. The minimum Gasteiger partial charge on any atom is -0.461 e. The molecule has 1 aromatic carbocycles. The highest BCUT2D eigenvalue weighted by atomic mass is 35.5. The lowest BCUT2D eigenvalue weighted by molar-refractivity contribution is -0.160. The number of rotatable bonds is 1. The van der Waals surface area contributed by atoms with Gasteiger partial charge in [0.1, 0.15) is 0 Å². The van der Waals surface area contributed by atoms with Gasteiger partial charge in [-0.3, -0.25) is 0 Å². The molecule has 1 aromatic rings. The summed E-state index contributed by atoms with van der Waals surface area (Å²) in [6.07, 6.45) is -4.65. The first kappa shape index (κ1) is 15.6. The minimum absolute atomic E-state index is 0.521. The highest BCUT2D eigenvalue weighted by Crippen LogP contribution is 2.39. The van der Waals surface area contributed by atoms with Gasteiger partial charge in [-0.25, -0.2) is 9.59 Å². The van der Waals surface area contributed by atoms with Crippen LogP contribution in [0.5, 0.6) is 5.75 Å². The van der Waals surface area contributed by atoms with E-state index < -0.39 is 39.5 Å². The van der Waals surface area contributed by atoms with E-state index >= 15 is 0 Å². The van der Waals surface area contributed by atoms with Crippen molar-refractivity contribution in [3.05, 3.63) is 27.7 Å². The third kappa shape index (κ3) is 3.74. The summed E-state index contributed by atoms with van der Waals surface area (Å²) in [4.78, 5) is 21.9. The molecule has 0 heterocycles. The van der Waals surface area contributed by atoms with E-state index in [2.05, 4.69) is 9.47 Å². The van der Waals surface area contributed by atoms with Crippen LogP contribution in [0.2, 0.25) is 10.0 Å². The van der Waals surface area contributed by atoms with Crippen molar-refractivity contribution >= 4 is 35.1 Å². The summed E-state index contributed by atoms with van der Waals surface area (Å²) >= 11 is 11.0.